The van der Waals surface area contributed by atoms with Gasteiger partial charge in [0, 0.05) is 42.9 Å². The number of nitrogens with zero attached hydrogens (tertiary/aromatic N) is 2. The number of nitro groups is 1. The largest absolute Gasteiger partial charge is 0.481 e. The summed E-state index contributed by atoms with van der Waals surface area (Å²) in [6.07, 6.45) is 0.413. The number of rotatable bonds is 11. The van der Waals surface area contributed by atoms with E-state index < -0.39 is 40.9 Å². The highest BCUT2D eigenvalue weighted by atomic mass is 16.6. The maximum absolute atomic E-state index is 13.3. The summed E-state index contributed by atoms with van der Waals surface area (Å²) in [6.45, 7) is 0.391. The molecule has 1 aliphatic rings. The predicted octanol–water partition coefficient (Wildman–Crippen LogP) is 3.55. The number of nitrogens with one attached hydrogen (secondary N) is 3. The number of aliphatic carboxylic acids is 2. The van der Waals surface area contributed by atoms with Crippen LogP contribution >= 0.6 is 0 Å². The first-order valence-corrected chi connectivity index (χ1v) is 13.0. The van der Waals surface area contributed by atoms with Gasteiger partial charge in [-0.05, 0) is 60.0 Å². The molecule has 0 aliphatic carbocycles. The topological polar surface area (TPSA) is 191 Å². The molecule has 3 aromatic rings. The van der Waals surface area contributed by atoms with E-state index in [1.807, 2.05) is 0 Å². The summed E-state index contributed by atoms with van der Waals surface area (Å²) in [6, 6.07) is 14.9. The van der Waals surface area contributed by atoms with Gasteiger partial charge in [-0.1, -0.05) is 30.3 Å². The smallest absolute Gasteiger partial charge is 0.326 e. The van der Waals surface area contributed by atoms with Crippen molar-refractivity contribution in [1.29, 1.82) is 0 Å². The predicted molar refractivity (Wildman–Crippen MR) is 152 cm³/mol. The fourth-order valence-corrected chi connectivity index (χ4v) is 4.77. The zero-order valence-corrected chi connectivity index (χ0v) is 22.6. The molecule has 3 aromatic carbocycles. The van der Waals surface area contributed by atoms with Gasteiger partial charge < -0.3 is 26.2 Å². The Morgan fingerprint density at radius 1 is 0.952 bits per heavy atom. The molecule has 13 nitrogen and oxygen atoms in total. The number of carbonyl (C=O) groups excluding carboxylic acids is 2. The van der Waals surface area contributed by atoms with Crippen LogP contribution < -0.4 is 16.0 Å². The lowest BCUT2D eigenvalue weighted by Crippen LogP contribution is -2.46. The molecule has 218 valence electrons. The maximum Gasteiger partial charge on any atom is 0.326 e. The van der Waals surface area contributed by atoms with E-state index in [9.17, 15) is 34.4 Å². The van der Waals surface area contributed by atoms with Gasteiger partial charge in [-0.25, -0.2) is 9.59 Å². The van der Waals surface area contributed by atoms with Crippen LogP contribution in [0.2, 0.25) is 0 Å². The normalized spacial score (nSPS) is 14.8. The first-order chi connectivity index (χ1) is 20.0. The molecular weight excluding hydrogens is 546 g/mol. The minimum atomic E-state index is -1.18. The van der Waals surface area contributed by atoms with Crippen LogP contribution in [0.4, 0.5) is 21.9 Å². The monoisotopic (exact) mass is 575 g/mol. The number of anilines is 2. The molecule has 2 unspecified atom stereocenters. The zero-order valence-electron chi connectivity index (χ0n) is 22.6. The number of urea groups is 1. The van der Waals surface area contributed by atoms with Crippen molar-refractivity contribution in [1.82, 2.24) is 10.2 Å². The summed E-state index contributed by atoms with van der Waals surface area (Å²) in [5, 5.41) is 37.4. The molecule has 0 saturated heterocycles. The van der Waals surface area contributed by atoms with Crippen molar-refractivity contribution in [3.63, 3.8) is 0 Å². The minimum Gasteiger partial charge on any atom is -0.481 e. The molecule has 1 heterocycles. The number of nitro benzene ring substituents is 1. The average molecular weight is 576 g/mol. The number of carboxylic acid groups (broad SMARTS) is 2. The molecule has 0 fully saturated rings. The van der Waals surface area contributed by atoms with Crippen LogP contribution in [0.25, 0.3) is 0 Å². The molecule has 0 spiro atoms. The summed E-state index contributed by atoms with van der Waals surface area (Å²) in [5.74, 6) is -2.56. The number of hydrogen-bond acceptors (Lipinski definition) is 7. The zero-order chi connectivity index (χ0) is 30.4. The third-order valence-corrected chi connectivity index (χ3v) is 6.85. The first kappa shape index (κ1) is 29.7. The van der Waals surface area contributed by atoms with Crippen LogP contribution in [0.15, 0.2) is 66.7 Å². The molecule has 5 N–H and O–H groups in total. The molecule has 0 saturated carbocycles. The van der Waals surface area contributed by atoms with Gasteiger partial charge in [-0.3, -0.25) is 24.6 Å². The van der Waals surface area contributed by atoms with Gasteiger partial charge in [0.25, 0.3) is 5.69 Å². The lowest BCUT2D eigenvalue weighted by atomic mass is 10.0. The number of hydrogen-bond donors (Lipinski definition) is 5. The highest BCUT2D eigenvalue weighted by molar-refractivity contribution is 6.00. The van der Waals surface area contributed by atoms with E-state index in [-0.39, 0.29) is 18.5 Å². The number of carbonyl (C=O) groups is 4. The van der Waals surface area contributed by atoms with E-state index in [2.05, 4.69) is 16.0 Å². The van der Waals surface area contributed by atoms with E-state index in [0.717, 1.165) is 11.1 Å². The second kappa shape index (κ2) is 12.9. The first-order valence-electron chi connectivity index (χ1n) is 13.0. The molecule has 0 bridgehead atoms. The van der Waals surface area contributed by atoms with Crippen LogP contribution in [-0.2, 0) is 33.8 Å². The standard InChI is InChI=1S/C29H29N5O8/c1-33-16-19-15-21(31-29(40)30-20-7-10-22(11-8-20)34(41)42)9-12-23(19)26(33)27(37)32-24(28(38)39)14-18-4-2-17(3-5-18)6-13-25(35)36/h2-5,7-12,15,24,26H,6,13-14,16H2,1H3,(H,32,37)(H,35,36)(H,38,39)(H2,30,31,40). The van der Waals surface area contributed by atoms with Crippen molar-refractivity contribution in [3.8, 4) is 0 Å². The Morgan fingerprint density at radius 3 is 2.19 bits per heavy atom. The third-order valence-electron chi connectivity index (χ3n) is 6.85. The molecule has 2 atom stereocenters. The molecule has 1 aliphatic heterocycles. The molecule has 4 rings (SSSR count). The number of aryl methyl sites for hydroxylation is 1. The van der Waals surface area contributed by atoms with E-state index in [1.54, 1.807) is 54.4 Å². The molecule has 0 radical (unpaired) electrons. The van der Waals surface area contributed by atoms with Crippen molar-refractivity contribution >= 4 is 40.9 Å². The van der Waals surface area contributed by atoms with Gasteiger partial charge in [0.1, 0.15) is 12.1 Å². The Bertz CT molecular complexity index is 1510. The van der Waals surface area contributed by atoms with E-state index >= 15 is 0 Å². The van der Waals surface area contributed by atoms with Crippen molar-refractivity contribution in [2.75, 3.05) is 17.7 Å². The Kier molecular flexibility index (Phi) is 9.12. The fourth-order valence-electron chi connectivity index (χ4n) is 4.77. The van der Waals surface area contributed by atoms with Gasteiger partial charge >= 0.3 is 18.0 Å². The molecule has 0 aromatic heterocycles. The van der Waals surface area contributed by atoms with Crippen LogP contribution in [0.3, 0.4) is 0 Å². The molecule has 13 heteroatoms. The van der Waals surface area contributed by atoms with E-state index in [4.69, 9.17) is 5.11 Å². The second-order valence-corrected chi connectivity index (χ2v) is 9.93. The Labute approximate surface area is 240 Å². The second-order valence-electron chi connectivity index (χ2n) is 9.93. The highest BCUT2D eigenvalue weighted by Crippen LogP contribution is 2.34. The number of non-ortho nitro benzene ring substituents is 1. The van der Waals surface area contributed by atoms with Crippen molar-refractivity contribution in [2.24, 2.45) is 0 Å². The summed E-state index contributed by atoms with van der Waals surface area (Å²) < 4.78 is 0. The van der Waals surface area contributed by atoms with Crippen LogP contribution in [0.5, 0.6) is 0 Å². The maximum atomic E-state index is 13.3. The van der Waals surface area contributed by atoms with Crippen molar-refractivity contribution in [3.05, 3.63) is 99.1 Å². The van der Waals surface area contributed by atoms with Gasteiger partial charge in [-0.2, -0.15) is 0 Å². The molecule has 42 heavy (non-hydrogen) atoms. The van der Waals surface area contributed by atoms with Gasteiger partial charge in [0.05, 0.1) is 4.92 Å². The summed E-state index contributed by atoms with van der Waals surface area (Å²) in [7, 11) is 1.74. The number of carboxylic acids is 2. The average Bonchev–Trinajstić information content (AvgIpc) is 3.27. The van der Waals surface area contributed by atoms with Crippen molar-refractivity contribution < 1.29 is 34.3 Å². The number of benzene rings is 3. The number of likely N-dealkylation sites (N-methyl/N-ethyl adjacent to an activating group) is 1. The SMILES string of the molecule is CN1Cc2cc(NC(=O)Nc3ccc([N+](=O)[O-])cc3)ccc2C1C(=O)NC(Cc1ccc(CCC(=O)O)cc1)C(=O)O. The van der Waals surface area contributed by atoms with E-state index in [0.29, 0.717) is 35.5 Å². The summed E-state index contributed by atoms with van der Waals surface area (Å²) >= 11 is 0. The quantitative estimate of drug-likeness (QED) is 0.168. The molecule has 3 amide bonds. The van der Waals surface area contributed by atoms with Gasteiger partial charge in [-0.15, -0.1) is 0 Å². The van der Waals surface area contributed by atoms with E-state index in [1.165, 1.54) is 24.3 Å². The Hall–Kier alpha value is -5.30. The summed E-state index contributed by atoms with van der Waals surface area (Å²) in [4.78, 5) is 60.5. The van der Waals surface area contributed by atoms with Gasteiger partial charge in [0.2, 0.25) is 5.91 Å². The van der Waals surface area contributed by atoms with Crippen LogP contribution in [0, 0.1) is 10.1 Å². The van der Waals surface area contributed by atoms with Crippen molar-refractivity contribution in [2.45, 2.75) is 37.9 Å². The molecular formula is C29H29N5O8. The highest BCUT2D eigenvalue weighted by Gasteiger charge is 2.35. The fraction of sp³-hybridized carbons (Fsp3) is 0.241. The Morgan fingerprint density at radius 2 is 1.57 bits per heavy atom. The minimum absolute atomic E-state index is 0.00351. The lowest BCUT2D eigenvalue weighted by molar-refractivity contribution is -0.384. The van der Waals surface area contributed by atoms with Gasteiger partial charge in [0.15, 0.2) is 0 Å². The third kappa shape index (κ3) is 7.46. The Balaban J connectivity index is 1.38. The van der Waals surface area contributed by atoms with Crippen LogP contribution in [0.1, 0.15) is 34.7 Å². The lowest BCUT2D eigenvalue weighted by Gasteiger charge is -2.23. The van der Waals surface area contributed by atoms with Crippen LogP contribution in [-0.4, -0.2) is 57.0 Å². The number of amides is 3. The summed E-state index contributed by atoms with van der Waals surface area (Å²) in [5.41, 5.74) is 3.72. The number of fused-ring (bicyclic) bond motifs is 1.